The summed E-state index contributed by atoms with van der Waals surface area (Å²) in [7, 11) is 0. The number of fused-ring (bicyclic) bond motifs is 1. The van der Waals surface area contributed by atoms with Crippen molar-refractivity contribution < 1.29 is 13.9 Å². The van der Waals surface area contributed by atoms with Gasteiger partial charge >= 0.3 is 11.6 Å². The molecule has 0 bridgehead atoms. The van der Waals surface area contributed by atoms with Gasteiger partial charge in [0, 0.05) is 17.5 Å². The monoisotopic (exact) mass is 300 g/mol. The lowest BCUT2D eigenvalue weighted by atomic mass is 10.1. The van der Waals surface area contributed by atoms with Crippen LogP contribution in [0, 0.1) is 6.92 Å². The maximum Gasteiger partial charge on any atom is 0.336 e. The predicted molar refractivity (Wildman–Crippen MR) is 80.9 cm³/mol. The molecule has 21 heavy (non-hydrogen) atoms. The van der Waals surface area contributed by atoms with Gasteiger partial charge in [-0.2, -0.15) is 11.3 Å². The fourth-order valence-corrected chi connectivity index (χ4v) is 2.76. The van der Waals surface area contributed by atoms with Crippen LogP contribution in [0.3, 0.4) is 0 Å². The van der Waals surface area contributed by atoms with Gasteiger partial charge < -0.3 is 9.15 Å². The second kappa shape index (κ2) is 5.54. The van der Waals surface area contributed by atoms with Crippen LogP contribution < -0.4 is 10.4 Å². The van der Waals surface area contributed by atoms with Crippen LogP contribution in [-0.4, -0.2) is 5.97 Å². The molecule has 0 radical (unpaired) electrons. The average molecular weight is 300 g/mol. The molecule has 3 rings (SSSR count). The summed E-state index contributed by atoms with van der Waals surface area (Å²) in [6.45, 7) is 1.83. The Morgan fingerprint density at radius 3 is 2.90 bits per heavy atom. The third kappa shape index (κ3) is 3.03. The minimum atomic E-state index is -0.415. The topological polar surface area (TPSA) is 56.5 Å². The minimum absolute atomic E-state index is 0.222. The van der Waals surface area contributed by atoms with E-state index in [1.165, 1.54) is 17.4 Å². The highest BCUT2D eigenvalue weighted by Crippen LogP contribution is 2.22. The maximum atomic E-state index is 11.8. The lowest BCUT2D eigenvalue weighted by Crippen LogP contribution is -2.10. The molecule has 106 valence electrons. The molecule has 2 aromatic heterocycles. The number of carbonyl (C=O) groups excluding carboxylic acids is 1. The van der Waals surface area contributed by atoms with E-state index in [1.807, 2.05) is 23.8 Å². The third-order valence-electron chi connectivity index (χ3n) is 3.08. The maximum absolute atomic E-state index is 11.8. The molecule has 0 aliphatic heterocycles. The summed E-state index contributed by atoms with van der Waals surface area (Å²) >= 11 is 1.54. The van der Waals surface area contributed by atoms with Crippen LogP contribution in [0.25, 0.3) is 11.0 Å². The van der Waals surface area contributed by atoms with E-state index in [-0.39, 0.29) is 12.4 Å². The number of aryl methyl sites for hydroxylation is 1. The number of thiophene rings is 1. The molecule has 2 heterocycles. The SMILES string of the molecule is Cc1cc(=O)oc2cc(OC(=O)Cc3ccsc3)ccc12. The van der Waals surface area contributed by atoms with Crippen LogP contribution in [0.4, 0.5) is 0 Å². The van der Waals surface area contributed by atoms with Crippen molar-refractivity contribution in [2.45, 2.75) is 13.3 Å². The number of esters is 1. The first-order valence-corrected chi connectivity index (χ1v) is 7.32. The van der Waals surface area contributed by atoms with Crippen LogP contribution in [0.2, 0.25) is 0 Å². The third-order valence-corrected chi connectivity index (χ3v) is 3.82. The number of ether oxygens (including phenoxy) is 1. The highest BCUT2D eigenvalue weighted by atomic mass is 32.1. The van der Waals surface area contributed by atoms with Crippen molar-refractivity contribution in [1.29, 1.82) is 0 Å². The average Bonchev–Trinajstić information content (AvgIpc) is 2.90. The molecule has 0 amide bonds. The summed E-state index contributed by atoms with van der Waals surface area (Å²) in [4.78, 5) is 23.2. The van der Waals surface area contributed by atoms with Crippen LogP contribution in [0.15, 0.2) is 50.3 Å². The van der Waals surface area contributed by atoms with Gasteiger partial charge in [-0.15, -0.1) is 0 Å². The Balaban J connectivity index is 1.84. The van der Waals surface area contributed by atoms with Crippen molar-refractivity contribution in [3.8, 4) is 5.75 Å². The smallest absolute Gasteiger partial charge is 0.336 e. The van der Waals surface area contributed by atoms with Gasteiger partial charge in [0.15, 0.2) is 0 Å². The molecule has 0 aliphatic carbocycles. The Hall–Kier alpha value is -2.40. The van der Waals surface area contributed by atoms with Gasteiger partial charge in [0.25, 0.3) is 0 Å². The van der Waals surface area contributed by atoms with E-state index in [4.69, 9.17) is 9.15 Å². The van der Waals surface area contributed by atoms with Crippen LogP contribution in [-0.2, 0) is 11.2 Å². The molecule has 1 aromatic carbocycles. The molecule has 0 unspecified atom stereocenters. The number of hydrogen-bond acceptors (Lipinski definition) is 5. The number of carbonyl (C=O) groups is 1. The first-order chi connectivity index (χ1) is 10.1. The molecule has 0 saturated carbocycles. The zero-order valence-electron chi connectivity index (χ0n) is 11.3. The molecule has 0 spiro atoms. The van der Waals surface area contributed by atoms with Gasteiger partial charge in [-0.1, -0.05) is 0 Å². The van der Waals surface area contributed by atoms with E-state index in [9.17, 15) is 9.59 Å². The summed E-state index contributed by atoms with van der Waals surface area (Å²) in [6.07, 6.45) is 0.222. The van der Waals surface area contributed by atoms with Crippen molar-refractivity contribution in [3.63, 3.8) is 0 Å². The molecule has 3 aromatic rings. The van der Waals surface area contributed by atoms with Crippen LogP contribution >= 0.6 is 11.3 Å². The molecule has 0 aliphatic rings. The van der Waals surface area contributed by atoms with Gasteiger partial charge in [-0.05, 0) is 47.0 Å². The number of hydrogen-bond donors (Lipinski definition) is 0. The lowest BCUT2D eigenvalue weighted by Gasteiger charge is -2.05. The van der Waals surface area contributed by atoms with Crippen molar-refractivity contribution in [2.24, 2.45) is 0 Å². The molecule has 0 saturated heterocycles. The summed E-state index contributed by atoms with van der Waals surface area (Å²) in [6, 6.07) is 8.36. The first kappa shape index (κ1) is 13.6. The van der Waals surface area contributed by atoms with E-state index in [0.29, 0.717) is 11.3 Å². The summed E-state index contributed by atoms with van der Waals surface area (Å²) in [5.74, 6) is 0.0271. The highest BCUT2D eigenvalue weighted by molar-refractivity contribution is 7.07. The van der Waals surface area contributed by atoms with Gasteiger partial charge in [0.05, 0.1) is 6.42 Å². The Kier molecular flexibility index (Phi) is 3.58. The Morgan fingerprint density at radius 2 is 2.14 bits per heavy atom. The van der Waals surface area contributed by atoms with Gasteiger partial charge in [-0.25, -0.2) is 4.79 Å². The Bertz CT molecular complexity index is 846. The van der Waals surface area contributed by atoms with Gasteiger partial charge in [-0.3, -0.25) is 4.79 Å². The molecule has 5 heteroatoms. The van der Waals surface area contributed by atoms with Gasteiger partial charge in [0.2, 0.25) is 0 Å². The van der Waals surface area contributed by atoms with Crippen LogP contribution in [0.1, 0.15) is 11.1 Å². The number of rotatable bonds is 3. The minimum Gasteiger partial charge on any atom is -0.426 e. The fraction of sp³-hybridized carbons (Fsp3) is 0.125. The van der Waals surface area contributed by atoms with E-state index in [0.717, 1.165) is 16.5 Å². The summed E-state index contributed by atoms with van der Waals surface area (Å²) in [5, 5.41) is 4.65. The molecule has 0 N–H and O–H groups in total. The highest BCUT2D eigenvalue weighted by Gasteiger charge is 2.09. The van der Waals surface area contributed by atoms with E-state index in [1.54, 1.807) is 18.2 Å². The molecule has 0 atom stereocenters. The second-order valence-corrected chi connectivity index (χ2v) is 5.47. The van der Waals surface area contributed by atoms with Crippen LogP contribution in [0.5, 0.6) is 5.75 Å². The molecule has 4 nitrogen and oxygen atoms in total. The van der Waals surface area contributed by atoms with Gasteiger partial charge in [0.1, 0.15) is 11.3 Å². The van der Waals surface area contributed by atoms with Crippen molar-refractivity contribution in [2.75, 3.05) is 0 Å². The van der Waals surface area contributed by atoms with Crippen molar-refractivity contribution >= 4 is 28.3 Å². The standard InChI is InChI=1S/C16H12O4S/c1-10-6-15(17)20-14-8-12(2-3-13(10)14)19-16(18)7-11-4-5-21-9-11/h2-6,8-9H,7H2,1H3. The van der Waals surface area contributed by atoms with E-state index in [2.05, 4.69) is 0 Å². The molecule has 0 fully saturated rings. The predicted octanol–water partition coefficient (Wildman–Crippen LogP) is 3.31. The number of benzene rings is 1. The Labute approximate surface area is 124 Å². The van der Waals surface area contributed by atoms with E-state index >= 15 is 0 Å². The largest absolute Gasteiger partial charge is 0.426 e. The first-order valence-electron chi connectivity index (χ1n) is 6.38. The Morgan fingerprint density at radius 1 is 1.29 bits per heavy atom. The zero-order valence-corrected chi connectivity index (χ0v) is 12.1. The normalized spacial score (nSPS) is 10.7. The second-order valence-electron chi connectivity index (χ2n) is 4.69. The molecular formula is C16H12O4S. The summed E-state index contributed by atoms with van der Waals surface area (Å²) < 4.78 is 10.4. The van der Waals surface area contributed by atoms with Crippen molar-refractivity contribution in [1.82, 2.24) is 0 Å². The molecular weight excluding hydrogens is 288 g/mol. The zero-order chi connectivity index (χ0) is 14.8. The fourth-order valence-electron chi connectivity index (χ4n) is 2.10. The summed E-state index contributed by atoms with van der Waals surface area (Å²) in [5.41, 5.74) is 1.76. The van der Waals surface area contributed by atoms with E-state index < -0.39 is 5.63 Å². The van der Waals surface area contributed by atoms with Crippen molar-refractivity contribution in [3.05, 3.63) is 62.6 Å². The quantitative estimate of drug-likeness (QED) is 0.423. The lowest BCUT2D eigenvalue weighted by molar-refractivity contribution is -0.133.